The summed E-state index contributed by atoms with van der Waals surface area (Å²) in [6, 6.07) is 7.22. The normalized spacial score (nSPS) is 12.5. The third kappa shape index (κ3) is 2.70. The molecule has 1 aromatic carbocycles. The van der Waals surface area contributed by atoms with Crippen LogP contribution in [0.2, 0.25) is 0 Å². The molecule has 78 valence electrons. The summed E-state index contributed by atoms with van der Waals surface area (Å²) in [6.07, 6.45) is -0.761. The fourth-order valence-electron chi connectivity index (χ4n) is 1.24. The lowest BCUT2D eigenvalue weighted by Crippen LogP contribution is -2.18. The summed E-state index contributed by atoms with van der Waals surface area (Å²) in [6.45, 7) is 2.52. The quantitative estimate of drug-likeness (QED) is 0.618. The van der Waals surface area contributed by atoms with E-state index in [1.807, 2.05) is 24.5 Å². The molecular formula is C10H15NO3. The topological polar surface area (TPSA) is 61.7 Å². The first-order chi connectivity index (χ1) is 6.79. The maximum Gasteiger partial charge on any atom is 0.125 e. The van der Waals surface area contributed by atoms with E-state index in [0.29, 0.717) is 17.9 Å². The lowest BCUT2D eigenvalue weighted by Gasteiger charge is -2.14. The van der Waals surface area contributed by atoms with Gasteiger partial charge in [0.1, 0.15) is 5.75 Å². The van der Waals surface area contributed by atoms with Crippen molar-refractivity contribution in [2.24, 2.45) is 0 Å². The van der Waals surface area contributed by atoms with E-state index >= 15 is 0 Å². The van der Waals surface area contributed by atoms with Gasteiger partial charge in [-0.3, -0.25) is 0 Å². The molecule has 0 aromatic heterocycles. The Balaban J connectivity index is 2.82. The largest absolute Gasteiger partial charge is 0.493 e. The monoisotopic (exact) mass is 197 g/mol. The van der Waals surface area contributed by atoms with Crippen molar-refractivity contribution in [1.82, 2.24) is 5.48 Å². The van der Waals surface area contributed by atoms with Gasteiger partial charge in [0, 0.05) is 5.56 Å². The van der Waals surface area contributed by atoms with Crippen molar-refractivity contribution in [3.8, 4) is 5.75 Å². The Kier molecular flexibility index (Phi) is 4.39. The first-order valence-corrected chi connectivity index (χ1v) is 4.56. The Labute approximate surface area is 83.1 Å². The van der Waals surface area contributed by atoms with E-state index in [1.165, 1.54) is 0 Å². The van der Waals surface area contributed by atoms with Gasteiger partial charge in [0.15, 0.2) is 0 Å². The Morgan fingerprint density at radius 1 is 1.43 bits per heavy atom. The molecule has 0 fully saturated rings. The van der Waals surface area contributed by atoms with Gasteiger partial charge in [-0.15, -0.1) is 0 Å². The predicted octanol–water partition coefficient (Wildman–Crippen LogP) is 1.10. The van der Waals surface area contributed by atoms with Crippen LogP contribution in [0.4, 0.5) is 0 Å². The smallest absolute Gasteiger partial charge is 0.125 e. The van der Waals surface area contributed by atoms with E-state index < -0.39 is 6.10 Å². The second-order valence-corrected chi connectivity index (χ2v) is 2.85. The van der Waals surface area contributed by atoms with Gasteiger partial charge < -0.3 is 15.1 Å². The van der Waals surface area contributed by atoms with Crippen LogP contribution in [0.15, 0.2) is 24.3 Å². The molecule has 0 bridgehead atoms. The minimum atomic E-state index is -0.761. The van der Waals surface area contributed by atoms with Gasteiger partial charge in [-0.25, -0.2) is 5.48 Å². The van der Waals surface area contributed by atoms with Crippen LogP contribution >= 0.6 is 0 Å². The minimum absolute atomic E-state index is 0.0874. The van der Waals surface area contributed by atoms with E-state index in [0.717, 1.165) is 0 Å². The van der Waals surface area contributed by atoms with Crippen molar-refractivity contribution in [3.63, 3.8) is 0 Å². The number of aliphatic hydroxyl groups excluding tert-OH is 1. The number of rotatable bonds is 5. The average Bonchev–Trinajstić information content (AvgIpc) is 2.19. The predicted molar refractivity (Wildman–Crippen MR) is 52.4 cm³/mol. The molecule has 1 unspecified atom stereocenters. The van der Waals surface area contributed by atoms with Crippen molar-refractivity contribution >= 4 is 0 Å². The number of aliphatic hydroxyl groups is 1. The Morgan fingerprint density at radius 3 is 2.79 bits per heavy atom. The van der Waals surface area contributed by atoms with Gasteiger partial charge in [0.2, 0.25) is 0 Å². The molecule has 4 heteroatoms. The molecule has 3 N–H and O–H groups in total. The third-order valence-electron chi connectivity index (χ3n) is 1.86. The van der Waals surface area contributed by atoms with Crippen molar-refractivity contribution in [1.29, 1.82) is 0 Å². The SMILES string of the molecule is CCOc1ccccc1C(O)CNO. The van der Waals surface area contributed by atoms with Crippen molar-refractivity contribution in [2.45, 2.75) is 13.0 Å². The van der Waals surface area contributed by atoms with E-state index in [2.05, 4.69) is 0 Å². The Morgan fingerprint density at radius 2 is 2.14 bits per heavy atom. The number of para-hydroxylation sites is 1. The van der Waals surface area contributed by atoms with Gasteiger partial charge in [0.05, 0.1) is 19.3 Å². The molecule has 0 radical (unpaired) electrons. The zero-order valence-electron chi connectivity index (χ0n) is 8.10. The number of hydrogen-bond acceptors (Lipinski definition) is 4. The van der Waals surface area contributed by atoms with Crippen molar-refractivity contribution in [3.05, 3.63) is 29.8 Å². The molecule has 0 saturated carbocycles. The molecule has 1 aromatic rings. The molecule has 0 saturated heterocycles. The maximum absolute atomic E-state index is 9.63. The fourth-order valence-corrected chi connectivity index (χ4v) is 1.24. The maximum atomic E-state index is 9.63. The summed E-state index contributed by atoms with van der Waals surface area (Å²) in [4.78, 5) is 0. The fraction of sp³-hybridized carbons (Fsp3) is 0.400. The van der Waals surface area contributed by atoms with Gasteiger partial charge in [0.25, 0.3) is 0 Å². The van der Waals surface area contributed by atoms with E-state index in [-0.39, 0.29) is 6.54 Å². The van der Waals surface area contributed by atoms with E-state index in [1.54, 1.807) is 12.1 Å². The summed E-state index contributed by atoms with van der Waals surface area (Å²) < 4.78 is 5.34. The number of benzene rings is 1. The van der Waals surface area contributed by atoms with Crippen LogP contribution in [0.1, 0.15) is 18.6 Å². The van der Waals surface area contributed by atoms with Crippen LogP contribution in [0.25, 0.3) is 0 Å². The van der Waals surface area contributed by atoms with E-state index in [4.69, 9.17) is 9.94 Å². The number of nitrogens with one attached hydrogen (secondary N) is 1. The zero-order valence-corrected chi connectivity index (χ0v) is 8.10. The van der Waals surface area contributed by atoms with Crippen LogP contribution in [-0.4, -0.2) is 23.5 Å². The summed E-state index contributed by atoms with van der Waals surface area (Å²) in [5.74, 6) is 0.651. The summed E-state index contributed by atoms with van der Waals surface area (Å²) in [5, 5.41) is 18.1. The molecule has 1 atom stereocenters. The Hall–Kier alpha value is -1.10. The minimum Gasteiger partial charge on any atom is -0.493 e. The van der Waals surface area contributed by atoms with Crippen molar-refractivity contribution < 1.29 is 15.1 Å². The zero-order chi connectivity index (χ0) is 10.4. The summed E-state index contributed by atoms with van der Waals surface area (Å²) in [5.41, 5.74) is 2.61. The summed E-state index contributed by atoms with van der Waals surface area (Å²) in [7, 11) is 0. The highest BCUT2D eigenvalue weighted by atomic mass is 16.5. The van der Waals surface area contributed by atoms with Crippen LogP contribution in [0.5, 0.6) is 5.75 Å². The first-order valence-electron chi connectivity index (χ1n) is 4.56. The van der Waals surface area contributed by atoms with Gasteiger partial charge in [-0.1, -0.05) is 18.2 Å². The van der Waals surface area contributed by atoms with Crippen LogP contribution in [-0.2, 0) is 0 Å². The highest BCUT2D eigenvalue weighted by Gasteiger charge is 2.11. The molecule has 1 rings (SSSR count). The lowest BCUT2D eigenvalue weighted by molar-refractivity contribution is 0.0903. The third-order valence-corrected chi connectivity index (χ3v) is 1.86. The molecule has 14 heavy (non-hydrogen) atoms. The molecule has 0 amide bonds. The van der Waals surface area contributed by atoms with Crippen LogP contribution in [0.3, 0.4) is 0 Å². The van der Waals surface area contributed by atoms with Gasteiger partial charge in [-0.2, -0.15) is 0 Å². The molecule has 0 spiro atoms. The molecule has 4 nitrogen and oxygen atoms in total. The molecule has 0 heterocycles. The summed E-state index contributed by atoms with van der Waals surface area (Å²) >= 11 is 0. The standard InChI is InChI=1S/C10H15NO3/c1-2-14-10-6-4-3-5-8(10)9(12)7-11-13/h3-6,9,11-13H,2,7H2,1H3. The van der Waals surface area contributed by atoms with Gasteiger partial charge in [-0.05, 0) is 13.0 Å². The molecule has 0 aliphatic rings. The number of hydroxylamine groups is 1. The number of hydrogen-bond donors (Lipinski definition) is 3. The van der Waals surface area contributed by atoms with Gasteiger partial charge >= 0.3 is 0 Å². The Bertz CT molecular complexity index is 278. The van der Waals surface area contributed by atoms with Crippen LogP contribution in [0, 0.1) is 0 Å². The first kappa shape index (κ1) is 11.0. The molecular weight excluding hydrogens is 182 g/mol. The highest BCUT2D eigenvalue weighted by molar-refractivity contribution is 5.35. The van der Waals surface area contributed by atoms with Crippen molar-refractivity contribution in [2.75, 3.05) is 13.2 Å². The number of ether oxygens (including phenoxy) is 1. The molecule has 0 aliphatic carbocycles. The average molecular weight is 197 g/mol. The highest BCUT2D eigenvalue weighted by Crippen LogP contribution is 2.24. The molecule has 0 aliphatic heterocycles. The second kappa shape index (κ2) is 5.59. The van der Waals surface area contributed by atoms with Crippen LogP contribution < -0.4 is 10.2 Å². The van der Waals surface area contributed by atoms with E-state index in [9.17, 15) is 5.11 Å². The second-order valence-electron chi connectivity index (χ2n) is 2.85. The lowest BCUT2D eigenvalue weighted by atomic mass is 10.1.